The average Bonchev–Trinajstić information content (AvgIpc) is 3.44. The van der Waals surface area contributed by atoms with Gasteiger partial charge in [0.25, 0.3) is 11.8 Å². The Morgan fingerprint density at radius 1 is 0.700 bits per heavy atom. The van der Waals surface area contributed by atoms with Gasteiger partial charge in [-0.3, -0.25) is 59.6 Å². The fourth-order valence-electron chi connectivity index (χ4n) is 12.8. The number of phenols is 2. The second kappa shape index (κ2) is 20.6. The first-order valence-electron chi connectivity index (χ1n) is 25.1. The smallest absolute Gasteiger partial charge is 0.260 e. The Balaban J connectivity index is 0.000000217. The molecular weight excluding hydrogens is 1070 g/mol. The SMILES string of the molecule is CN(C)[C@@H]1C(O)=C(C(=O)NCN2CCN(C(=N)NC(=N)N)CC2)C(=O)[C@@]2(O)C(O)=C3C(=O)c4c(O)cccc4[C@@](C)(O)[C@H]3C[C@@H]12.CN(C)[C@@H]1C(O)=C(C(=O)NCO)C(=O)[C@@]2(O)C(O)=C3C(=O)c4c(O)ccc(Cl)c4[C@@](C)(O)C3C[C@@H]12. The van der Waals surface area contributed by atoms with Crippen molar-refractivity contribution < 1.29 is 84.9 Å². The van der Waals surface area contributed by atoms with Crippen LogP contribution in [0.2, 0.25) is 5.02 Å². The van der Waals surface area contributed by atoms with Crippen LogP contribution in [0.25, 0.3) is 0 Å². The molecule has 430 valence electrons. The number of nitrogens with one attached hydrogen (secondary N) is 5. The predicted molar refractivity (Wildman–Crippen MR) is 280 cm³/mol. The lowest BCUT2D eigenvalue weighted by Gasteiger charge is -2.53. The van der Waals surface area contributed by atoms with E-state index in [0.29, 0.717) is 26.2 Å². The van der Waals surface area contributed by atoms with Crippen LogP contribution in [-0.2, 0) is 30.4 Å². The molecule has 18 N–H and O–H groups in total. The molecule has 2 amide bonds. The third kappa shape index (κ3) is 8.74. The molecule has 1 fully saturated rings. The number of hydrogen-bond donors (Lipinski definition) is 17. The number of aliphatic hydroxyl groups excluding tert-OH is 5. The van der Waals surface area contributed by atoms with Gasteiger partial charge < -0.3 is 77.4 Å². The van der Waals surface area contributed by atoms with E-state index >= 15 is 0 Å². The monoisotopic (exact) mass is 1130 g/mol. The number of amides is 2. The number of halogens is 1. The zero-order chi connectivity index (χ0) is 59.4. The number of ketones is 4. The maximum Gasteiger partial charge on any atom is 0.260 e. The minimum absolute atomic E-state index is 0.00916. The molecule has 0 radical (unpaired) electrons. The van der Waals surface area contributed by atoms with Gasteiger partial charge in [0.1, 0.15) is 52.4 Å². The Morgan fingerprint density at radius 3 is 1.64 bits per heavy atom. The van der Waals surface area contributed by atoms with Gasteiger partial charge in [-0.05, 0) is 78.6 Å². The molecule has 28 heteroatoms. The highest BCUT2D eigenvalue weighted by atomic mass is 35.5. The van der Waals surface area contributed by atoms with Crippen LogP contribution in [0.3, 0.4) is 0 Å². The molecule has 2 aromatic carbocycles. The van der Waals surface area contributed by atoms with Crippen molar-refractivity contribution in [2.45, 2.75) is 61.2 Å². The summed E-state index contributed by atoms with van der Waals surface area (Å²) in [5, 5.41) is 144. The van der Waals surface area contributed by atoms with E-state index in [9.17, 15) is 79.8 Å². The number of piperazine rings is 1. The minimum Gasteiger partial charge on any atom is -0.510 e. The van der Waals surface area contributed by atoms with Crippen LogP contribution in [0, 0.1) is 34.5 Å². The molecule has 0 bridgehead atoms. The van der Waals surface area contributed by atoms with Crippen molar-refractivity contribution in [2.24, 2.45) is 29.4 Å². The number of aliphatic hydroxyl groups is 9. The number of phenolic OH excluding ortho intramolecular Hbond substituents is 2. The van der Waals surface area contributed by atoms with Gasteiger partial charge in [0.05, 0.1) is 41.1 Å². The van der Waals surface area contributed by atoms with Crippen molar-refractivity contribution in [2.75, 3.05) is 67.8 Å². The van der Waals surface area contributed by atoms with Gasteiger partial charge in [-0.15, -0.1) is 0 Å². The van der Waals surface area contributed by atoms with Gasteiger partial charge in [-0.2, -0.15) is 0 Å². The Hall–Kier alpha value is -7.47. The molecule has 2 aromatic rings. The van der Waals surface area contributed by atoms with E-state index in [2.05, 4.69) is 10.6 Å². The summed E-state index contributed by atoms with van der Waals surface area (Å²) < 4.78 is 0. The molecular formula is C52H63ClN10O17. The number of hydrogen-bond acceptors (Lipinski definition) is 22. The van der Waals surface area contributed by atoms with Crippen LogP contribution >= 0.6 is 11.6 Å². The third-order valence-corrected chi connectivity index (χ3v) is 17.0. The van der Waals surface area contributed by atoms with Crippen LogP contribution in [0.15, 0.2) is 75.7 Å². The fourth-order valence-corrected chi connectivity index (χ4v) is 13.2. The zero-order valence-corrected chi connectivity index (χ0v) is 44.9. The summed E-state index contributed by atoms with van der Waals surface area (Å²) in [6.45, 7) is 3.38. The van der Waals surface area contributed by atoms with Gasteiger partial charge in [0, 0.05) is 71.6 Å². The summed E-state index contributed by atoms with van der Waals surface area (Å²) in [6.07, 6.45) is -0.511. The Morgan fingerprint density at radius 2 is 1.16 bits per heavy atom. The van der Waals surface area contributed by atoms with E-state index in [-0.39, 0.29) is 58.7 Å². The van der Waals surface area contributed by atoms with Crippen LogP contribution in [0.5, 0.6) is 11.5 Å². The third-order valence-electron chi connectivity index (χ3n) is 16.7. The Kier molecular flexibility index (Phi) is 15.1. The molecule has 7 aliphatic rings. The van der Waals surface area contributed by atoms with Crippen molar-refractivity contribution in [3.63, 3.8) is 0 Å². The molecule has 1 unspecified atom stereocenters. The molecule has 1 saturated heterocycles. The first-order valence-corrected chi connectivity index (χ1v) is 25.5. The van der Waals surface area contributed by atoms with Crippen molar-refractivity contribution in [3.8, 4) is 11.5 Å². The van der Waals surface area contributed by atoms with Crippen molar-refractivity contribution >= 4 is 58.5 Å². The number of likely N-dealkylation sites (N-methyl/N-ethyl adjacent to an activating group) is 2. The van der Waals surface area contributed by atoms with E-state index in [4.69, 9.17) is 33.3 Å². The Bertz CT molecular complexity index is 3220. The van der Waals surface area contributed by atoms with Crippen LogP contribution in [-0.4, -0.2) is 214 Å². The van der Waals surface area contributed by atoms with Crippen molar-refractivity contribution in [3.05, 3.63) is 103 Å². The molecule has 27 nitrogen and oxygen atoms in total. The number of guanidine groups is 2. The molecule has 80 heavy (non-hydrogen) atoms. The van der Waals surface area contributed by atoms with Crippen LogP contribution < -0.4 is 21.7 Å². The van der Waals surface area contributed by atoms with E-state index in [1.54, 1.807) is 19.0 Å². The van der Waals surface area contributed by atoms with Gasteiger partial charge in [-0.1, -0.05) is 23.7 Å². The molecule has 0 spiro atoms. The average molecular weight is 1140 g/mol. The predicted octanol–water partition coefficient (Wildman–Crippen LogP) is -1.57. The first-order chi connectivity index (χ1) is 37.2. The summed E-state index contributed by atoms with van der Waals surface area (Å²) in [7, 11) is 6.11. The van der Waals surface area contributed by atoms with Gasteiger partial charge in [0.15, 0.2) is 34.7 Å². The largest absolute Gasteiger partial charge is 0.510 e. The molecule has 1 aliphatic heterocycles. The summed E-state index contributed by atoms with van der Waals surface area (Å²) in [5.41, 5.74) is -7.30. The summed E-state index contributed by atoms with van der Waals surface area (Å²) >= 11 is 6.28. The number of nitrogens with two attached hydrogens (primary N) is 1. The topological polar surface area (TPSA) is 448 Å². The van der Waals surface area contributed by atoms with E-state index in [1.807, 2.05) is 10.2 Å². The lowest BCUT2D eigenvalue weighted by Crippen LogP contribution is -2.65. The van der Waals surface area contributed by atoms with E-state index in [0.717, 1.165) is 6.07 Å². The van der Waals surface area contributed by atoms with E-state index in [1.165, 1.54) is 62.0 Å². The normalized spacial score (nSPS) is 31.1. The van der Waals surface area contributed by atoms with Crippen LogP contribution in [0.4, 0.5) is 0 Å². The van der Waals surface area contributed by atoms with Gasteiger partial charge >= 0.3 is 0 Å². The number of carbonyl (C=O) groups excluding carboxylic acids is 6. The number of benzene rings is 2. The summed E-state index contributed by atoms with van der Waals surface area (Å²) in [4.78, 5) is 86.9. The molecule has 0 saturated carbocycles. The molecule has 1 heterocycles. The fraction of sp³-hybridized carbons (Fsp3) is 0.462. The van der Waals surface area contributed by atoms with Gasteiger partial charge in [-0.25, -0.2) is 0 Å². The molecule has 0 aromatic heterocycles. The highest BCUT2D eigenvalue weighted by Gasteiger charge is 2.68. The Labute approximate surface area is 461 Å². The van der Waals surface area contributed by atoms with Gasteiger partial charge in [0.2, 0.25) is 11.6 Å². The quantitative estimate of drug-likeness (QED) is 0.0644. The lowest BCUT2D eigenvalue weighted by atomic mass is 9.55. The molecule has 9 rings (SSSR count). The highest BCUT2D eigenvalue weighted by Crippen LogP contribution is 2.59. The van der Waals surface area contributed by atoms with E-state index < -0.39 is 157 Å². The standard InChI is InChI=1S/C29H38N8O8.C23H25ClN2O9/c1-28(44)13-5-4-6-16(38)17(13)21(39)18-14(28)11-15-20(35(2)3)22(40)19(24(42)29(15,45)23(18)41)25(43)33-12-36-7-9-37(10-8-36)27(32)34-26(30)31;1-22(34)8-6-9-16(26(2)3)18(30)14(21(33)25-7-27)20(32)23(9,35)19(31)12(8)17(29)13-11(28)5-4-10(24)15(13)22/h4-6,14-15,20,38,40-41,44-45H,7-12H2,1-3H3,(H,33,43)(H5,30,31,32,34);4-5,8-9,16,27-28,30-31,34-35H,6-7H2,1-3H3,(H,25,33)/t14-,15-,20-,28+,29-;8?,9-,16-,22-,23-/m00/s1. The highest BCUT2D eigenvalue weighted by molar-refractivity contribution is 6.33. The number of aromatic hydroxyl groups is 2. The maximum atomic E-state index is 14.0. The van der Waals surface area contributed by atoms with Crippen molar-refractivity contribution in [1.29, 1.82) is 10.8 Å². The number of Topliss-reactive ketones (excluding diaryl/α,β-unsaturated/α-hetero) is 4. The molecule has 6 aliphatic carbocycles. The second-order valence-corrected chi connectivity index (χ2v) is 22.0. The van der Waals surface area contributed by atoms with Crippen molar-refractivity contribution in [1.82, 2.24) is 35.6 Å². The number of rotatable bonds is 7. The summed E-state index contributed by atoms with van der Waals surface area (Å²) in [6, 6.07) is 4.26. The zero-order valence-electron chi connectivity index (χ0n) is 44.1. The number of nitrogens with zero attached hydrogens (tertiary/aromatic N) is 4. The summed E-state index contributed by atoms with van der Waals surface area (Å²) in [5.74, 6) is -16.4. The number of fused-ring (bicyclic) bond motifs is 6. The minimum atomic E-state index is -2.83. The first kappa shape index (κ1) is 58.7. The number of carbonyl (C=O) groups is 6. The second-order valence-electron chi connectivity index (χ2n) is 21.6. The van der Waals surface area contributed by atoms with Crippen LogP contribution in [0.1, 0.15) is 58.5 Å². The molecule has 10 atom stereocenters. The lowest BCUT2D eigenvalue weighted by molar-refractivity contribution is -0.153. The maximum absolute atomic E-state index is 14.0.